The van der Waals surface area contributed by atoms with Gasteiger partial charge in [0.1, 0.15) is 0 Å². The van der Waals surface area contributed by atoms with E-state index in [1.807, 2.05) is 13.0 Å². The highest BCUT2D eigenvalue weighted by atomic mass is 17.0. The minimum Gasteiger partial charge on any atom is -0.327 e. The smallest absolute Gasteiger partial charge is 0.294 e. The molecule has 0 amide bonds. The number of fused-ring (bicyclic) bond motifs is 1. The summed E-state index contributed by atoms with van der Waals surface area (Å²) in [7, 11) is 0. The lowest BCUT2D eigenvalue weighted by atomic mass is 9.68. The molecule has 4 heterocycles. The Morgan fingerprint density at radius 2 is 2.07 bits per heavy atom. The SMILES string of the molecule is C=CCC12CCCOC13OC(C)(CC2)O3. The van der Waals surface area contributed by atoms with Gasteiger partial charge in [-0.3, -0.25) is 9.47 Å². The van der Waals surface area contributed by atoms with Crippen molar-refractivity contribution in [3.8, 4) is 0 Å². The van der Waals surface area contributed by atoms with E-state index in [0.29, 0.717) is 0 Å². The van der Waals surface area contributed by atoms with Crippen molar-refractivity contribution in [3.63, 3.8) is 0 Å². The molecule has 1 atom stereocenters. The second-order valence-electron chi connectivity index (χ2n) is 5.12. The van der Waals surface area contributed by atoms with Crippen LogP contribution >= 0.6 is 0 Å². The fourth-order valence-corrected chi connectivity index (χ4v) is 3.23. The maximum atomic E-state index is 5.92. The van der Waals surface area contributed by atoms with Crippen LogP contribution in [-0.4, -0.2) is 18.4 Å². The predicted molar refractivity (Wildman–Crippen MR) is 55.0 cm³/mol. The molecule has 0 aliphatic carbocycles. The Morgan fingerprint density at radius 1 is 1.27 bits per heavy atom. The first-order chi connectivity index (χ1) is 7.14. The van der Waals surface area contributed by atoms with E-state index in [4.69, 9.17) is 14.2 Å². The van der Waals surface area contributed by atoms with Crippen LogP contribution in [0.3, 0.4) is 0 Å². The zero-order valence-corrected chi connectivity index (χ0v) is 9.25. The van der Waals surface area contributed by atoms with E-state index in [1.165, 1.54) is 0 Å². The summed E-state index contributed by atoms with van der Waals surface area (Å²) < 4.78 is 17.6. The molecule has 4 fully saturated rings. The second kappa shape index (κ2) is 2.84. The minimum absolute atomic E-state index is 0.0186. The van der Waals surface area contributed by atoms with Crippen LogP contribution in [0.4, 0.5) is 0 Å². The molecule has 1 spiro atoms. The van der Waals surface area contributed by atoms with Crippen molar-refractivity contribution in [2.24, 2.45) is 5.41 Å². The zero-order chi connectivity index (χ0) is 10.6. The Hall–Kier alpha value is -0.380. The van der Waals surface area contributed by atoms with Crippen molar-refractivity contribution in [2.45, 2.75) is 50.8 Å². The Balaban J connectivity index is 1.92. The van der Waals surface area contributed by atoms with Gasteiger partial charge in [-0.2, -0.15) is 0 Å². The van der Waals surface area contributed by atoms with Gasteiger partial charge in [-0.25, -0.2) is 0 Å². The molecule has 3 heteroatoms. The van der Waals surface area contributed by atoms with Gasteiger partial charge >= 0.3 is 0 Å². The molecular weight excluding hydrogens is 192 g/mol. The maximum absolute atomic E-state index is 5.92. The molecule has 0 saturated carbocycles. The minimum atomic E-state index is -0.744. The lowest BCUT2D eigenvalue weighted by Gasteiger charge is -2.67. The normalized spacial score (nSPS) is 52.9. The standard InChI is InChI=1S/C12H18O3/c1-3-5-11-6-4-9-13-12(11)14-10(2,15-12)7-8-11/h3H,1,4-9H2,2H3. The van der Waals surface area contributed by atoms with Crippen molar-refractivity contribution in [1.29, 1.82) is 0 Å². The predicted octanol–water partition coefficient (Wildman–Crippen LogP) is 2.57. The molecule has 0 aromatic heterocycles. The van der Waals surface area contributed by atoms with Crippen LogP contribution in [-0.2, 0) is 14.2 Å². The van der Waals surface area contributed by atoms with Gasteiger partial charge in [0, 0.05) is 6.42 Å². The van der Waals surface area contributed by atoms with Crippen LogP contribution in [0.15, 0.2) is 12.7 Å². The van der Waals surface area contributed by atoms with Gasteiger partial charge in [-0.1, -0.05) is 6.08 Å². The monoisotopic (exact) mass is 210 g/mol. The van der Waals surface area contributed by atoms with Crippen molar-refractivity contribution in [2.75, 3.05) is 6.61 Å². The van der Waals surface area contributed by atoms with Crippen LogP contribution in [0.5, 0.6) is 0 Å². The van der Waals surface area contributed by atoms with E-state index in [9.17, 15) is 0 Å². The Kier molecular flexibility index (Phi) is 1.86. The average molecular weight is 210 g/mol. The van der Waals surface area contributed by atoms with E-state index < -0.39 is 5.97 Å². The summed E-state index contributed by atoms with van der Waals surface area (Å²) in [6, 6.07) is 0. The van der Waals surface area contributed by atoms with Crippen LogP contribution in [0.2, 0.25) is 0 Å². The molecule has 0 aromatic carbocycles. The molecule has 1 unspecified atom stereocenters. The van der Waals surface area contributed by atoms with Gasteiger partial charge in [0.05, 0.1) is 12.0 Å². The number of rotatable bonds is 2. The zero-order valence-electron chi connectivity index (χ0n) is 9.25. The first-order valence-corrected chi connectivity index (χ1v) is 5.79. The van der Waals surface area contributed by atoms with Crippen LogP contribution in [0.1, 0.15) is 39.0 Å². The fraction of sp³-hybridized carbons (Fsp3) is 0.833. The molecular formula is C12H18O3. The molecule has 4 aliphatic rings. The molecule has 84 valence electrons. The highest BCUT2D eigenvalue weighted by Crippen LogP contribution is 2.63. The third-order valence-corrected chi connectivity index (χ3v) is 4.03. The molecule has 0 radical (unpaired) electrons. The van der Waals surface area contributed by atoms with Gasteiger partial charge in [-0.05, 0) is 32.6 Å². The second-order valence-corrected chi connectivity index (χ2v) is 5.12. The van der Waals surface area contributed by atoms with E-state index in [-0.39, 0.29) is 11.2 Å². The van der Waals surface area contributed by atoms with Gasteiger partial charge in [0.25, 0.3) is 5.97 Å². The lowest BCUT2D eigenvalue weighted by Crippen LogP contribution is -2.75. The number of hydrogen-bond donors (Lipinski definition) is 0. The Bertz CT molecular complexity index is 293. The van der Waals surface area contributed by atoms with Gasteiger partial charge in [0.15, 0.2) is 5.79 Å². The largest absolute Gasteiger partial charge is 0.327 e. The maximum Gasteiger partial charge on any atom is 0.294 e. The highest BCUT2D eigenvalue weighted by Gasteiger charge is 2.71. The van der Waals surface area contributed by atoms with E-state index >= 15 is 0 Å². The van der Waals surface area contributed by atoms with Crippen molar-refractivity contribution < 1.29 is 14.2 Å². The van der Waals surface area contributed by atoms with Crippen molar-refractivity contribution in [1.82, 2.24) is 0 Å². The summed E-state index contributed by atoms with van der Waals surface area (Å²) in [6.07, 6.45) is 7.18. The summed E-state index contributed by atoms with van der Waals surface area (Å²) in [5, 5.41) is 0. The quantitative estimate of drug-likeness (QED) is 0.656. The Morgan fingerprint density at radius 3 is 2.80 bits per heavy atom. The van der Waals surface area contributed by atoms with Crippen LogP contribution in [0.25, 0.3) is 0 Å². The Labute approximate surface area is 90.4 Å². The van der Waals surface area contributed by atoms with Crippen molar-refractivity contribution in [3.05, 3.63) is 12.7 Å². The van der Waals surface area contributed by atoms with Gasteiger partial charge in [-0.15, -0.1) is 6.58 Å². The summed E-state index contributed by atoms with van der Waals surface area (Å²) in [6.45, 7) is 6.58. The molecule has 4 aliphatic heterocycles. The van der Waals surface area contributed by atoms with Crippen molar-refractivity contribution >= 4 is 0 Å². The third kappa shape index (κ3) is 1.11. The average Bonchev–Trinajstić information content (AvgIpc) is 2.17. The number of hydrogen-bond acceptors (Lipinski definition) is 3. The summed E-state index contributed by atoms with van der Waals surface area (Å²) >= 11 is 0. The molecule has 4 rings (SSSR count). The summed E-state index contributed by atoms with van der Waals surface area (Å²) in [5.74, 6) is -1.13. The first-order valence-electron chi connectivity index (χ1n) is 5.79. The van der Waals surface area contributed by atoms with E-state index in [1.54, 1.807) is 0 Å². The first kappa shape index (κ1) is 9.82. The summed E-state index contributed by atoms with van der Waals surface area (Å²) in [5.41, 5.74) is 0.0186. The molecule has 4 saturated heterocycles. The van der Waals surface area contributed by atoms with E-state index in [2.05, 4.69) is 6.58 Å². The molecule has 0 aromatic rings. The number of allylic oxidation sites excluding steroid dienone is 1. The highest BCUT2D eigenvalue weighted by molar-refractivity contribution is 5.05. The molecule has 15 heavy (non-hydrogen) atoms. The van der Waals surface area contributed by atoms with Crippen LogP contribution < -0.4 is 0 Å². The van der Waals surface area contributed by atoms with Gasteiger partial charge in [0.2, 0.25) is 0 Å². The van der Waals surface area contributed by atoms with Gasteiger partial charge < -0.3 is 4.74 Å². The topological polar surface area (TPSA) is 27.7 Å². The lowest BCUT2D eigenvalue weighted by molar-refractivity contribution is -0.637. The molecule has 2 bridgehead atoms. The number of ether oxygens (including phenoxy) is 3. The fourth-order valence-electron chi connectivity index (χ4n) is 3.23. The molecule has 3 nitrogen and oxygen atoms in total. The third-order valence-electron chi connectivity index (χ3n) is 4.03. The molecule has 0 N–H and O–H groups in total. The summed E-state index contributed by atoms with van der Waals surface area (Å²) in [4.78, 5) is 0. The van der Waals surface area contributed by atoms with E-state index in [0.717, 1.165) is 38.7 Å². The van der Waals surface area contributed by atoms with Crippen LogP contribution in [0, 0.1) is 5.41 Å².